The van der Waals surface area contributed by atoms with Gasteiger partial charge in [-0.1, -0.05) is 0 Å². The number of hydrogen-bond acceptors (Lipinski definition) is 8. The lowest BCUT2D eigenvalue weighted by atomic mass is 10.1. The van der Waals surface area contributed by atoms with Gasteiger partial charge in [0.05, 0.1) is 21.3 Å². The Hall–Kier alpha value is -4.08. The van der Waals surface area contributed by atoms with Crippen molar-refractivity contribution in [3.8, 4) is 17.2 Å². The fourth-order valence-electron chi connectivity index (χ4n) is 3.16. The van der Waals surface area contributed by atoms with E-state index in [2.05, 4.69) is 20.9 Å². The van der Waals surface area contributed by atoms with Gasteiger partial charge in [0.1, 0.15) is 11.9 Å². The van der Waals surface area contributed by atoms with E-state index < -0.39 is 17.9 Å². The largest absolute Gasteiger partial charge is 0.493 e. The predicted molar refractivity (Wildman–Crippen MR) is 117 cm³/mol. The van der Waals surface area contributed by atoms with E-state index in [-0.39, 0.29) is 18.7 Å². The molecule has 1 aromatic carbocycles. The maximum absolute atomic E-state index is 12.3. The molecule has 1 unspecified atom stereocenters. The first-order valence-corrected chi connectivity index (χ1v) is 9.79. The molecule has 0 aliphatic carbocycles. The number of nitrogens with zero attached hydrogens (tertiary/aromatic N) is 1. The second kappa shape index (κ2) is 10.3. The van der Waals surface area contributed by atoms with Crippen LogP contribution in [-0.2, 0) is 14.4 Å². The van der Waals surface area contributed by atoms with Crippen molar-refractivity contribution in [1.82, 2.24) is 15.6 Å². The summed E-state index contributed by atoms with van der Waals surface area (Å²) in [6.07, 6.45) is 4.95. The number of carbonyl (C=O) groups excluding carboxylic acids is 3. The lowest BCUT2D eigenvalue weighted by Crippen LogP contribution is -2.51. The maximum atomic E-state index is 12.3. The van der Waals surface area contributed by atoms with E-state index in [9.17, 15) is 14.4 Å². The molecule has 1 atom stereocenters. The number of amides is 3. The molecule has 1 aliphatic rings. The highest BCUT2D eigenvalue weighted by Crippen LogP contribution is 2.40. The average molecular weight is 440 g/mol. The molecule has 0 spiro atoms. The molecule has 2 aromatic rings. The van der Waals surface area contributed by atoms with E-state index in [4.69, 9.17) is 14.2 Å². The number of methoxy groups -OCH3 is 3. The fraction of sp³-hybridized carbons (Fsp3) is 0.273. The van der Waals surface area contributed by atoms with Crippen LogP contribution in [0.1, 0.15) is 18.4 Å². The summed E-state index contributed by atoms with van der Waals surface area (Å²) < 4.78 is 16.1. The Morgan fingerprint density at radius 1 is 1.16 bits per heavy atom. The summed E-state index contributed by atoms with van der Waals surface area (Å²) in [5.74, 6) is 0.612. The summed E-state index contributed by atoms with van der Waals surface area (Å²) in [4.78, 5) is 39.6. The summed E-state index contributed by atoms with van der Waals surface area (Å²) in [5.41, 5.74) is 1.28. The summed E-state index contributed by atoms with van der Waals surface area (Å²) in [6, 6.07) is 6.25. The van der Waals surface area contributed by atoms with Crippen molar-refractivity contribution in [2.75, 3.05) is 26.6 Å². The molecule has 3 rings (SSSR count). The Kier molecular flexibility index (Phi) is 7.27. The summed E-state index contributed by atoms with van der Waals surface area (Å²) >= 11 is 0. The van der Waals surface area contributed by atoms with Gasteiger partial charge in [0, 0.05) is 42.1 Å². The second-order valence-electron chi connectivity index (χ2n) is 6.83. The Morgan fingerprint density at radius 2 is 1.88 bits per heavy atom. The molecule has 0 radical (unpaired) electrons. The number of pyridine rings is 1. The van der Waals surface area contributed by atoms with Crippen LogP contribution in [0.4, 0.5) is 11.5 Å². The minimum atomic E-state index is -0.740. The van der Waals surface area contributed by atoms with Crippen molar-refractivity contribution in [2.45, 2.75) is 18.9 Å². The standard InChI is InChI=1S/C22H24N4O6/c1-30-16-11-14(12-17(31-2)20(16)32-3)24-21-13(5-4-10-23-21)6-8-18(27)25-15-7-9-19(28)26-22(15)29/h4-6,8,10-12,15H,7,9H2,1-3H3,(H,23,24)(H,25,27)(H,26,28,29)/b8-6+. The molecule has 0 bridgehead atoms. The summed E-state index contributed by atoms with van der Waals surface area (Å²) in [7, 11) is 4.57. The van der Waals surface area contributed by atoms with Crippen molar-refractivity contribution < 1.29 is 28.6 Å². The quantitative estimate of drug-likeness (QED) is 0.419. The number of aromatic nitrogens is 1. The van der Waals surface area contributed by atoms with Crippen molar-refractivity contribution in [1.29, 1.82) is 0 Å². The molecule has 10 heteroatoms. The molecule has 1 saturated heterocycles. The second-order valence-corrected chi connectivity index (χ2v) is 6.83. The Balaban J connectivity index is 1.76. The van der Waals surface area contributed by atoms with E-state index in [0.717, 1.165) is 0 Å². The molecular formula is C22H24N4O6. The first-order chi connectivity index (χ1) is 15.4. The monoisotopic (exact) mass is 440 g/mol. The highest BCUT2D eigenvalue weighted by Gasteiger charge is 2.27. The molecule has 1 aliphatic heterocycles. The minimum absolute atomic E-state index is 0.186. The molecule has 3 amide bonds. The van der Waals surface area contributed by atoms with Gasteiger partial charge < -0.3 is 24.8 Å². The number of imide groups is 1. The zero-order valence-electron chi connectivity index (χ0n) is 17.9. The third kappa shape index (κ3) is 5.34. The number of ether oxygens (including phenoxy) is 3. The lowest BCUT2D eigenvalue weighted by molar-refractivity contribution is -0.136. The first kappa shape index (κ1) is 22.6. The van der Waals surface area contributed by atoms with Gasteiger partial charge in [-0.25, -0.2) is 4.98 Å². The number of piperidine rings is 1. The number of nitrogens with one attached hydrogen (secondary N) is 3. The van der Waals surface area contributed by atoms with E-state index in [1.54, 1.807) is 36.5 Å². The third-order valence-electron chi connectivity index (χ3n) is 4.74. The molecule has 2 heterocycles. The van der Waals surface area contributed by atoms with Gasteiger partial charge >= 0.3 is 0 Å². The fourth-order valence-corrected chi connectivity index (χ4v) is 3.16. The number of hydrogen-bond donors (Lipinski definition) is 3. The number of anilines is 2. The maximum Gasteiger partial charge on any atom is 0.249 e. The molecule has 1 aromatic heterocycles. The highest BCUT2D eigenvalue weighted by molar-refractivity contribution is 6.03. The van der Waals surface area contributed by atoms with Crippen LogP contribution >= 0.6 is 0 Å². The molecule has 3 N–H and O–H groups in total. The molecule has 0 saturated carbocycles. The Morgan fingerprint density at radius 3 is 2.50 bits per heavy atom. The number of rotatable bonds is 8. The average Bonchev–Trinajstić information content (AvgIpc) is 2.79. The van der Waals surface area contributed by atoms with Crippen LogP contribution in [0, 0.1) is 0 Å². The molecule has 10 nitrogen and oxygen atoms in total. The van der Waals surface area contributed by atoms with E-state index in [1.165, 1.54) is 27.4 Å². The van der Waals surface area contributed by atoms with Crippen LogP contribution < -0.4 is 30.2 Å². The number of carbonyl (C=O) groups is 3. The molecule has 32 heavy (non-hydrogen) atoms. The van der Waals surface area contributed by atoms with Crippen LogP contribution in [0.25, 0.3) is 6.08 Å². The van der Waals surface area contributed by atoms with Gasteiger partial charge in [-0.15, -0.1) is 0 Å². The third-order valence-corrected chi connectivity index (χ3v) is 4.74. The lowest BCUT2D eigenvalue weighted by Gasteiger charge is -2.21. The van der Waals surface area contributed by atoms with Crippen LogP contribution in [-0.4, -0.2) is 50.1 Å². The highest BCUT2D eigenvalue weighted by atomic mass is 16.5. The minimum Gasteiger partial charge on any atom is -0.493 e. The normalized spacial score (nSPS) is 15.8. The van der Waals surface area contributed by atoms with E-state index >= 15 is 0 Å². The van der Waals surface area contributed by atoms with Crippen LogP contribution in [0.2, 0.25) is 0 Å². The Labute approximate surface area is 185 Å². The number of benzene rings is 1. The zero-order valence-corrected chi connectivity index (χ0v) is 17.9. The van der Waals surface area contributed by atoms with E-state index in [0.29, 0.717) is 34.3 Å². The van der Waals surface area contributed by atoms with Crippen LogP contribution in [0.5, 0.6) is 17.2 Å². The molecule has 1 fully saturated rings. The molecule has 168 valence electrons. The molecular weight excluding hydrogens is 416 g/mol. The zero-order chi connectivity index (χ0) is 23.1. The van der Waals surface area contributed by atoms with Gasteiger partial charge in [0.15, 0.2) is 11.5 Å². The van der Waals surface area contributed by atoms with Gasteiger partial charge in [0.2, 0.25) is 23.5 Å². The van der Waals surface area contributed by atoms with Crippen molar-refractivity contribution >= 4 is 35.3 Å². The van der Waals surface area contributed by atoms with E-state index in [1.807, 2.05) is 0 Å². The van der Waals surface area contributed by atoms with Gasteiger partial charge in [-0.05, 0) is 24.6 Å². The van der Waals surface area contributed by atoms with Gasteiger partial charge in [-0.2, -0.15) is 0 Å². The van der Waals surface area contributed by atoms with Crippen molar-refractivity contribution in [3.05, 3.63) is 42.1 Å². The van der Waals surface area contributed by atoms with Crippen molar-refractivity contribution in [2.24, 2.45) is 0 Å². The smallest absolute Gasteiger partial charge is 0.249 e. The van der Waals surface area contributed by atoms with Crippen molar-refractivity contribution in [3.63, 3.8) is 0 Å². The van der Waals surface area contributed by atoms with Gasteiger partial charge in [0.25, 0.3) is 0 Å². The summed E-state index contributed by atoms with van der Waals surface area (Å²) in [6.45, 7) is 0. The van der Waals surface area contributed by atoms with Crippen LogP contribution in [0.15, 0.2) is 36.5 Å². The topological polar surface area (TPSA) is 128 Å². The summed E-state index contributed by atoms with van der Waals surface area (Å²) in [5, 5.41) is 7.98. The first-order valence-electron chi connectivity index (χ1n) is 9.79. The van der Waals surface area contributed by atoms with Gasteiger partial charge in [-0.3, -0.25) is 19.7 Å². The van der Waals surface area contributed by atoms with Crippen LogP contribution in [0.3, 0.4) is 0 Å². The predicted octanol–water partition coefficient (Wildman–Crippen LogP) is 1.79. The SMILES string of the molecule is COc1cc(Nc2ncccc2/C=C/C(=O)NC2CCC(=O)NC2=O)cc(OC)c1OC. The Bertz CT molecular complexity index is 1030.